The van der Waals surface area contributed by atoms with Gasteiger partial charge in [0.15, 0.2) is 0 Å². The molecule has 0 heterocycles. The number of rotatable bonds is 0. The molecule has 6 rings (SSSR count). The molecule has 3 heteroatoms. The van der Waals surface area contributed by atoms with Crippen LogP contribution in [0.25, 0.3) is 0 Å². The third-order valence-electron chi connectivity index (χ3n) is 8.27. The molecule has 0 unspecified atom stereocenters. The molecule has 0 saturated heterocycles. The number of hydrogen-bond acceptors (Lipinski definition) is 3. The van der Waals surface area contributed by atoms with Crippen molar-refractivity contribution < 1.29 is 0 Å². The molecule has 0 spiro atoms. The van der Waals surface area contributed by atoms with E-state index in [1.807, 2.05) is 34.6 Å². The summed E-state index contributed by atoms with van der Waals surface area (Å²) in [5, 5.41) is 0. The summed E-state index contributed by atoms with van der Waals surface area (Å²) in [5.74, 6) is 4.69. The zero-order valence-corrected chi connectivity index (χ0v) is 35.4. The van der Waals surface area contributed by atoms with Crippen LogP contribution in [0.4, 0.5) is 0 Å². The molecule has 6 N–H and O–H groups in total. The molecule has 0 aromatic heterocycles. The minimum absolute atomic E-state index is 0.750. The van der Waals surface area contributed by atoms with E-state index in [-0.39, 0.29) is 0 Å². The minimum Gasteiger partial charge on any atom is -0.333 e. The van der Waals surface area contributed by atoms with Crippen LogP contribution in [0.5, 0.6) is 0 Å². The molecule has 288 valence electrons. The van der Waals surface area contributed by atoms with Gasteiger partial charge in [0.25, 0.3) is 0 Å². The first-order valence-corrected chi connectivity index (χ1v) is 21.4. The van der Waals surface area contributed by atoms with Crippen LogP contribution >= 0.6 is 0 Å². The van der Waals surface area contributed by atoms with Crippen LogP contribution in [-0.2, 0) is 0 Å². The summed E-state index contributed by atoms with van der Waals surface area (Å²) in [5.41, 5.74) is 13.8. The van der Waals surface area contributed by atoms with Crippen LogP contribution in [-0.4, -0.2) is 20.6 Å². The fourth-order valence-electron chi connectivity index (χ4n) is 6.47. The molecule has 6 saturated carbocycles. The van der Waals surface area contributed by atoms with E-state index in [0.29, 0.717) is 0 Å². The highest BCUT2D eigenvalue weighted by Crippen LogP contribution is 2.44. The average Bonchev–Trinajstić information content (AvgIpc) is 3.98. The zero-order valence-electron chi connectivity index (χ0n) is 35.4. The Balaban J connectivity index is -0.0000000987. The first kappa shape index (κ1) is 58.1. The lowest BCUT2D eigenvalue weighted by Gasteiger charge is -2.05. The monoisotopic (exact) mass is 660 g/mol. The maximum absolute atomic E-state index is 4.85. The van der Waals surface area contributed by atoms with Crippen molar-refractivity contribution in [1.82, 2.24) is 0 Å². The van der Waals surface area contributed by atoms with E-state index in [2.05, 4.69) is 53.0 Å². The fourth-order valence-corrected chi connectivity index (χ4v) is 6.47. The van der Waals surface area contributed by atoms with Crippen molar-refractivity contribution in [3.63, 3.8) is 0 Å². The van der Waals surface area contributed by atoms with Crippen LogP contribution in [0.15, 0.2) is 0 Å². The second-order valence-corrected chi connectivity index (χ2v) is 13.0. The first-order valence-electron chi connectivity index (χ1n) is 21.4. The number of nitrogens with two attached hydrogens (primary N) is 3. The third-order valence-corrected chi connectivity index (χ3v) is 8.27. The Kier molecular flexibility index (Phi) is 76.1. The highest BCUT2D eigenvalue weighted by Gasteiger charge is 2.31. The van der Waals surface area contributed by atoms with Crippen LogP contribution < -0.4 is 17.2 Å². The Morgan fingerprint density at radius 2 is 0.413 bits per heavy atom. The van der Waals surface area contributed by atoms with Crippen LogP contribution in [0, 0.1) is 23.7 Å². The fraction of sp³-hybridized carbons (Fsp3) is 1.00. The van der Waals surface area contributed by atoms with Gasteiger partial charge < -0.3 is 17.2 Å². The highest BCUT2D eigenvalue weighted by molar-refractivity contribution is 4.83. The zero-order chi connectivity index (χ0) is 36.7. The smallest absolute Gasteiger partial charge is 0.0106 e. The van der Waals surface area contributed by atoms with Crippen molar-refractivity contribution in [2.75, 3.05) is 20.6 Å². The van der Waals surface area contributed by atoms with Crippen molar-refractivity contribution in [2.24, 2.45) is 40.9 Å². The second-order valence-electron chi connectivity index (χ2n) is 13.0. The van der Waals surface area contributed by atoms with Gasteiger partial charge in [0.2, 0.25) is 0 Å². The Hall–Kier alpha value is -0.120. The molecule has 46 heavy (non-hydrogen) atoms. The van der Waals surface area contributed by atoms with Crippen LogP contribution in [0.3, 0.4) is 0 Å². The first-order chi connectivity index (χ1) is 22.6. The molecule has 3 nitrogen and oxygen atoms in total. The van der Waals surface area contributed by atoms with Crippen molar-refractivity contribution in [2.45, 2.75) is 237 Å². The van der Waals surface area contributed by atoms with Gasteiger partial charge in [-0.25, -0.2) is 0 Å². The van der Waals surface area contributed by atoms with E-state index < -0.39 is 0 Å². The van der Waals surface area contributed by atoms with Gasteiger partial charge in [-0.2, -0.15) is 0 Å². The van der Waals surface area contributed by atoms with Crippen molar-refractivity contribution in [3.8, 4) is 0 Å². The predicted octanol–water partition coefficient (Wildman–Crippen LogP) is 14.5. The summed E-state index contributed by atoms with van der Waals surface area (Å²) in [4.78, 5) is 0. The highest BCUT2D eigenvalue weighted by atomic mass is 14.5. The minimum atomic E-state index is 0.750. The summed E-state index contributed by atoms with van der Waals surface area (Å²) in [6.07, 6.45) is 37.4. The quantitative estimate of drug-likeness (QED) is 0.242. The third kappa shape index (κ3) is 50.7. The number of hydrogen-bond donors (Lipinski definition) is 3. The molecule has 6 aliphatic rings. The summed E-state index contributed by atoms with van der Waals surface area (Å²) < 4.78 is 0. The SMILES string of the molecule is C1CC2CCC1C2.C1CC2CCC1C2.C1CCCCC1.C1CCCCC1.CC.CC.CCC.CCC.CCC.CCN.CN.CN. The van der Waals surface area contributed by atoms with Crippen LogP contribution in [0.1, 0.15) is 237 Å². The van der Waals surface area contributed by atoms with Gasteiger partial charge in [-0.15, -0.1) is 0 Å². The van der Waals surface area contributed by atoms with E-state index >= 15 is 0 Å². The molecule has 0 aliphatic heterocycles. The Labute approximate surface area is 297 Å². The molecule has 0 atom stereocenters. The van der Waals surface area contributed by atoms with E-state index in [1.54, 1.807) is 64.2 Å². The van der Waals surface area contributed by atoms with E-state index in [4.69, 9.17) is 5.73 Å². The summed E-state index contributed by atoms with van der Waals surface area (Å²) in [6.45, 7) is 23.4. The molecule has 6 aliphatic carbocycles. The predicted molar refractivity (Wildman–Crippen MR) is 221 cm³/mol. The molecule has 4 bridgehead atoms. The normalized spacial score (nSPS) is 23.0. The molecule has 6 fully saturated rings. The van der Waals surface area contributed by atoms with Gasteiger partial charge in [-0.05, 0) is 57.2 Å². The number of fused-ring (bicyclic) bond motifs is 4. The molecule has 0 aromatic rings. The van der Waals surface area contributed by atoms with E-state index in [1.165, 1.54) is 134 Å². The summed E-state index contributed by atoms with van der Waals surface area (Å²) >= 11 is 0. The molecule has 0 radical (unpaired) electrons. The maximum Gasteiger partial charge on any atom is -0.0106 e. The molecular weight excluding hydrogens is 558 g/mol. The Morgan fingerprint density at radius 3 is 0.457 bits per heavy atom. The van der Waals surface area contributed by atoms with Crippen molar-refractivity contribution >= 4 is 0 Å². The molecule has 0 aromatic carbocycles. The van der Waals surface area contributed by atoms with Gasteiger partial charge in [-0.1, -0.05) is 224 Å². The lowest BCUT2D eigenvalue weighted by Crippen LogP contribution is -1.90. The topological polar surface area (TPSA) is 78.1 Å². The summed E-state index contributed by atoms with van der Waals surface area (Å²) in [6, 6.07) is 0. The van der Waals surface area contributed by atoms with Gasteiger partial charge in [0, 0.05) is 0 Å². The summed E-state index contributed by atoms with van der Waals surface area (Å²) in [7, 11) is 3.00. The Bertz CT molecular complexity index is 306. The average molecular weight is 660 g/mol. The standard InChI is InChI=1S/2C7H12.2C6H12.3C3H8.C2H7N.2C2H6.2CH5N/c2*1-2-7-4-3-6(1)5-7;2*1-2-4-6-5-3-1;3*1-3-2;1-2-3;4*1-2/h2*6-7H,1-5H2;2*1-6H2;3*3H2,1-2H3;2-3H2,1H3;2*1-2H3;2*2H2,1H3. The van der Waals surface area contributed by atoms with Gasteiger partial charge in [0.1, 0.15) is 0 Å². The van der Waals surface area contributed by atoms with E-state index in [0.717, 1.165) is 6.54 Å². The van der Waals surface area contributed by atoms with Crippen molar-refractivity contribution in [3.05, 3.63) is 0 Å². The molecule has 0 amide bonds. The lowest BCUT2D eigenvalue weighted by atomic mass is 10.0. The Morgan fingerprint density at radius 1 is 0.326 bits per heavy atom. The second kappa shape index (κ2) is 60.2. The lowest BCUT2D eigenvalue weighted by molar-refractivity contribution is 0.480. The van der Waals surface area contributed by atoms with Gasteiger partial charge >= 0.3 is 0 Å². The van der Waals surface area contributed by atoms with Gasteiger partial charge in [0.05, 0.1) is 0 Å². The van der Waals surface area contributed by atoms with Crippen LogP contribution in [0.2, 0.25) is 0 Å². The van der Waals surface area contributed by atoms with Crippen molar-refractivity contribution in [1.29, 1.82) is 0 Å². The maximum atomic E-state index is 4.85. The van der Waals surface area contributed by atoms with Gasteiger partial charge in [-0.3, -0.25) is 0 Å². The van der Waals surface area contributed by atoms with E-state index in [9.17, 15) is 0 Å². The molecular formula is C43H101N3. The largest absolute Gasteiger partial charge is 0.333 e.